The maximum Gasteiger partial charge on any atom is 0.280 e. The summed E-state index contributed by atoms with van der Waals surface area (Å²) in [5.41, 5.74) is 2.94. The first-order valence-electron chi connectivity index (χ1n) is 11.7. The van der Waals surface area contributed by atoms with Crippen molar-refractivity contribution >= 4 is 39.9 Å². The van der Waals surface area contributed by atoms with E-state index in [1.807, 2.05) is 6.92 Å². The SMILES string of the molecule is COc1cnc(Cl)cc1-c1cc(C)ncc1C(=O)Nc1nc2c(s1)CN(C(=O)c1ccc(C(F)F)nc1C)C2. The highest BCUT2D eigenvalue weighted by Gasteiger charge is 2.30. The predicted molar refractivity (Wildman–Crippen MR) is 141 cm³/mol. The number of thiazole rings is 1. The van der Waals surface area contributed by atoms with Crippen LogP contribution in [0.1, 0.15) is 54.8 Å². The smallest absolute Gasteiger partial charge is 0.280 e. The predicted octanol–water partition coefficient (Wildman–Crippen LogP) is 5.62. The van der Waals surface area contributed by atoms with Gasteiger partial charge in [-0.15, -0.1) is 0 Å². The quantitative estimate of drug-likeness (QED) is 0.300. The van der Waals surface area contributed by atoms with E-state index in [2.05, 4.69) is 25.3 Å². The minimum Gasteiger partial charge on any atom is -0.494 e. The molecule has 4 aromatic heterocycles. The van der Waals surface area contributed by atoms with Crippen molar-refractivity contribution in [1.82, 2.24) is 24.8 Å². The van der Waals surface area contributed by atoms with Gasteiger partial charge in [-0.3, -0.25) is 24.9 Å². The van der Waals surface area contributed by atoms with Gasteiger partial charge >= 0.3 is 0 Å². The molecule has 0 unspecified atom stereocenters. The maximum atomic E-state index is 13.3. The van der Waals surface area contributed by atoms with Crippen LogP contribution in [0, 0.1) is 13.8 Å². The lowest BCUT2D eigenvalue weighted by Gasteiger charge is -2.17. The lowest BCUT2D eigenvalue weighted by molar-refractivity contribution is 0.0748. The Hall–Kier alpha value is -4.03. The largest absolute Gasteiger partial charge is 0.494 e. The second-order valence-corrected chi connectivity index (χ2v) is 10.2. The Balaban J connectivity index is 1.34. The summed E-state index contributed by atoms with van der Waals surface area (Å²) in [6.07, 6.45) is 0.254. The van der Waals surface area contributed by atoms with Crippen LogP contribution in [0.15, 0.2) is 36.7 Å². The van der Waals surface area contributed by atoms with Crippen molar-refractivity contribution in [3.8, 4) is 16.9 Å². The highest BCUT2D eigenvalue weighted by Crippen LogP contribution is 2.36. The van der Waals surface area contributed by atoms with Crippen molar-refractivity contribution in [2.24, 2.45) is 0 Å². The number of ether oxygens (including phenoxy) is 1. The van der Waals surface area contributed by atoms with Crippen LogP contribution in [0.5, 0.6) is 5.75 Å². The van der Waals surface area contributed by atoms with Crippen LogP contribution >= 0.6 is 22.9 Å². The van der Waals surface area contributed by atoms with Crippen LogP contribution in [-0.2, 0) is 13.1 Å². The van der Waals surface area contributed by atoms with E-state index in [0.717, 1.165) is 10.9 Å². The van der Waals surface area contributed by atoms with E-state index in [-0.39, 0.29) is 41.1 Å². The highest BCUT2D eigenvalue weighted by molar-refractivity contribution is 7.16. The Morgan fingerprint density at radius 3 is 2.56 bits per heavy atom. The van der Waals surface area contributed by atoms with E-state index >= 15 is 0 Å². The van der Waals surface area contributed by atoms with Crippen molar-refractivity contribution in [2.75, 3.05) is 12.4 Å². The van der Waals surface area contributed by atoms with Gasteiger partial charge in [0.25, 0.3) is 18.2 Å². The summed E-state index contributed by atoms with van der Waals surface area (Å²) in [5, 5.41) is 3.45. The first-order valence-corrected chi connectivity index (χ1v) is 12.9. The number of hydrogen-bond acceptors (Lipinski definition) is 8. The Bertz CT molecular complexity index is 1590. The second-order valence-electron chi connectivity index (χ2n) is 8.75. The Kier molecular flexibility index (Phi) is 7.23. The minimum atomic E-state index is -2.71. The minimum absolute atomic E-state index is 0.223. The zero-order chi connectivity index (χ0) is 27.8. The summed E-state index contributed by atoms with van der Waals surface area (Å²) in [4.78, 5) is 45.4. The van der Waals surface area contributed by atoms with Crippen molar-refractivity contribution in [1.29, 1.82) is 0 Å². The van der Waals surface area contributed by atoms with Gasteiger partial charge < -0.3 is 9.64 Å². The molecule has 0 bridgehead atoms. The molecule has 4 aromatic rings. The Morgan fingerprint density at radius 2 is 1.87 bits per heavy atom. The molecule has 9 nitrogen and oxygen atoms in total. The van der Waals surface area contributed by atoms with Gasteiger partial charge in [-0.2, -0.15) is 0 Å². The van der Waals surface area contributed by atoms with Gasteiger partial charge in [0.15, 0.2) is 5.13 Å². The lowest BCUT2D eigenvalue weighted by atomic mass is 10.0. The Labute approximate surface area is 230 Å². The number of methoxy groups -OCH3 is 1. The van der Waals surface area contributed by atoms with E-state index in [1.54, 1.807) is 17.0 Å². The number of halogens is 3. The number of nitrogens with one attached hydrogen (secondary N) is 1. The van der Waals surface area contributed by atoms with Crippen LogP contribution in [0.2, 0.25) is 5.15 Å². The van der Waals surface area contributed by atoms with Crippen molar-refractivity contribution in [3.63, 3.8) is 0 Å². The molecule has 200 valence electrons. The third-order valence-electron chi connectivity index (χ3n) is 6.15. The van der Waals surface area contributed by atoms with Gasteiger partial charge in [0, 0.05) is 23.0 Å². The van der Waals surface area contributed by atoms with Crippen LogP contribution in [0.3, 0.4) is 0 Å². The average Bonchev–Trinajstić information content (AvgIpc) is 3.47. The van der Waals surface area contributed by atoms with Crippen molar-refractivity contribution in [3.05, 3.63) is 80.6 Å². The summed E-state index contributed by atoms with van der Waals surface area (Å²) < 4.78 is 31.3. The first-order chi connectivity index (χ1) is 18.6. The molecule has 0 atom stereocenters. The number of aromatic nitrogens is 4. The van der Waals surface area contributed by atoms with Gasteiger partial charge in [-0.1, -0.05) is 22.9 Å². The number of carbonyl (C=O) groups is 2. The zero-order valence-electron chi connectivity index (χ0n) is 21.0. The molecule has 39 heavy (non-hydrogen) atoms. The van der Waals surface area contributed by atoms with Crippen LogP contribution in [-0.4, -0.2) is 43.8 Å². The van der Waals surface area contributed by atoms with E-state index < -0.39 is 12.3 Å². The number of carbonyl (C=O) groups excluding carboxylic acids is 2. The molecular formula is C26H21ClF2N6O3S. The van der Waals surface area contributed by atoms with E-state index in [4.69, 9.17) is 16.3 Å². The molecular weight excluding hydrogens is 550 g/mol. The zero-order valence-corrected chi connectivity index (χ0v) is 22.5. The monoisotopic (exact) mass is 570 g/mol. The first kappa shape index (κ1) is 26.6. The van der Waals surface area contributed by atoms with E-state index in [1.165, 1.54) is 43.8 Å². The molecule has 0 aliphatic carbocycles. The number of pyridine rings is 3. The van der Waals surface area contributed by atoms with Crippen LogP contribution in [0.25, 0.3) is 11.1 Å². The molecule has 5 heterocycles. The fourth-order valence-corrected chi connectivity index (χ4v) is 5.39. The molecule has 0 radical (unpaired) electrons. The van der Waals surface area contributed by atoms with Gasteiger partial charge in [0.05, 0.1) is 53.8 Å². The number of fused-ring (bicyclic) bond motifs is 1. The summed E-state index contributed by atoms with van der Waals surface area (Å²) >= 11 is 7.38. The number of nitrogens with zero attached hydrogens (tertiary/aromatic N) is 5. The van der Waals surface area contributed by atoms with E-state index in [9.17, 15) is 18.4 Å². The second kappa shape index (κ2) is 10.6. The molecule has 0 saturated carbocycles. The Morgan fingerprint density at radius 1 is 1.08 bits per heavy atom. The molecule has 1 aliphatic heterocycles. The normalized spacial score (nSPS) is 12.5. The topological polar surface area (TPSA) is 110 Å². The molecule has 0 fully saturated rings. The third kappa shape index (κ3) is 5.30. The molecule has 2 amide bonds. The molecule has 13 heteroatoms. The van der Waals surface area contributed by atoms with Gasteiger partial charge in [0.2, 0.25) is 0 Å². The van der Waals surface area contributed by atoms with Gasteiger partial charge in [-0.25, -0.2) is 18.7 Å². The highest BCUT2D eigenvalue weighted by atomic mass is 35.5. The molecule has 0 spiro atoms. The molecule has 1 aliphatic rings. The summed E-state index contributed by atoms with van der Waals surface area (Å²) in [6.45, 7) is 3.84. The number of hydrogen-bond donors (Lipinski definition) is 1. The lowest BCUT2D eigenvalue weighted by Crippen LogP contribution is -2.26. The molecule has 5 rings (SSSR count). The van der Waals surface area contributed by atoms with Crippen molar-refractivity contribution in [2.45, 2.75) is 33.4 Å². The standard InChI is InChI=1S/C26H21ClF2N6O3S/c1-12-6-15(16-7-22(27)31-9-20(16)38-3)17(8-30-12)24(36)34-26-33-19-10-35(11-21(19)39-26)25(37)14-4-5-18(23(28)29)32-13(14)2/h4-9,23H,10-11H2,1-3H3,(H,33,34,36). The van der Waals surface area contributed by atoms with Gasteiger partial charge in [-0.05, 0) is 38.1 Å². The molecule has 0 saturated heterocycles. The molecule has 1 N–H and O–H groups in total. The van der Waals surface area contributed by atoms with Gasteiger partial charge in [0.1, 0.15) is 16.6 Å². The molecule has 0 aromatic carbocycles. The number of alkyl halides is 2. The fourth-order valence-electron chi connectivity index (χ4n) is 4.25. The summed E-state index contributed by atoms with van der Waals surface area (Å²) in [5.74, 6) is -0.295. The number of rotatable bonds is 6. The van der Waals surface area contributed by atoms with Crippen molar-refractivity contribution < 1.29 is 23.1 Å². The van der Waals surface area contributed by atoms with Crippen LogP contribution < -0.4 is 10.1 Å². The third-order valence-corrected chi connectivity index (χ3v) is 7.36. The summed E-state index contributed by atoms with van der Waals surface area (Å²) in [6, 6.07) is 5.91. The number of amides is 2. The number of anilines is 1. The maximum absolute atomic E-state index is 13.3. The number of aryl methyl sites for hydroxylation is 2. The summed E-state index contributed by atoms with van der Waals surface area (Å²) in [7, 11) is 1.50. The van der Waals surface area contributed by atoms with Crippen LogP contribution in [0.4, 0.5) is 13.9 Å². The fraction of sp³-hybridized carbons (Fsp3) is 0.231. The average molecular weight is 571 g/mol. The van der Waals surface area contributed by atoms with E-state index in [0.29, 0.717) is 39.0 Å².